The molecule has 1 aliphatic heterocycles. The zero-order chi connectivity index (χ0) is 28.8. The second-order valence-corrected chi connectivity index (χ2v) is 11.2. The summed E-state index contributed by atoms with van der Waals surface area (Å²) in [4.78, 5) is 43.7. The van der Waals surface area contributed by atoms with E-state index < -0.39 is 29.9 Å². The SMILES string of the molecule is COC(=O)C1C(c2ccccc2)C(C(=O)NCc2ccc(C)cc2)N(C(=O)NC2CCCCC2)C1c1ccccc1. The number of carbonyl (C=O) groups excluding carboxylic acids is 3. The van der Waals surface area contributed by atoms with Gasteiger partial charge in [0.25, 0.3) is 0 Å². The topological polar surface area (TPSA) is 87.7 Å². The van der Waals surface area contributed by atoms with E-state index in [0.29, 0.717) is 6.54 Å². The highest BCUT2D eigenvalue weighted by atomic mass is 16.5. The summed E-state index contributed by atoms with van der Waals surface area (Å²) in [5.74, 6) is -2.14. The number of nitrogens with one attached hydrogen (secondary N) is 2. The van der Waals surface area contributed by atoms with E-state index in [2.05, 4.69) is 10.6 Å². The Hall–Kier alpha value is -4.13. The largest absolute Gasteiger partial charge is 0.469 e. The summed E-state index contributed by atoms with van der Waals surface area (Å²) in [6.45, 7) is 2.33. The Balaban J connectivity index is 1.59. The van der Waals surface area contributed by atoms with Crippen LogP contribution in [0.15, 0.2) is 84.9 Å². The molecule has 1 aliphatic carbocycles. The monoisotopic (exact) mass is 553 g/mol. The quantitative estimate of drug-likeness (QED) is 0.370. The lowest BCUT2D eigenvalue weighted by Crippen LogP contribution is -2.53. The van der Waals surface area contributed by atoms with Gasteiger partial charge in [-0.1, -0.05) is 110 Å². The van der Waals surface area contributed by atoms with E-state index in [4.69, 9.17) is 4.74 Å². The number of carbonyl (C=O) groups is 3. The number of hydrogen-bond acceptors (Lipinski definition) is 4. The van der Waals surface area contributed by atoms with Crippen molar-refractivity contribution in [2.75, 3.05) is 7.11 Å². The van der Waals surface area contributed by atoms with E-state index in [0.717, 1.165) is 54.4 Å². The van der Waals surface area contributed by atoms with Gasteiger partial charge in [-0.3, -0.25) is 9.59 Å². The number of aryl methyl sites for hydroxylation is 1. The maximum absolute atomic E-state index is 14.2. The average Bonchev–Trinajstić information content (AvgIpc) is 3.38. The summed E-state index contributed by atoms with van der Waals surface area (Å²) >= 11 is 0. The number of amides is 3. The molecule has 4 unspecified atom stereocenters. The molecule has 3 aromatic carbocycles. The van der Waals surface area contributed by atoms with Crippen LogP contribution in [0.3, 0.4) is 0 Å². The predicted octanol–water partition coefficient (Wildman–Crippen LogP) is 5.65. The molecular weight excluding hydrogens is 514 g/mol. The van der Waals surface area contributed by atoms with Gasteiger partial charge in [0.15, 0.2) is 0 Å². The van der Waals surface area contributed by atoms with E-state index >= 15 is 0 Å². The number of rotatable bonds is 7. The minimum Gasteiger partial charge on any atom is -0.469 e. The maximum Gasteiger partial charge on any atom is 0.318 e. The highest BCUT2D eigenvalue weighted by Gasteiger charge is 2.58. The lowest BCUT2D eigenvalue weighted by atomic mass is 9.80. The molecular formula is C34H39N3O4. The molecule has 0 radical (unpaired) electrons. The highest BCUT2D eigenvalue weighted by molar-refractivity contribution is 5.92. The number of nitrogens with zero attached hydrogens (tertiary/aromatic N) is 1. The number of methoxy groups -OCH3 is 1. The second-order valence-electron chi connectivity index (χ2n) is 11.2. The summed E-state index contributed by atoms with van der Waals surface area (Å²) < 4.78 is 5.36. The number of benzene rings is 3. The molecule has 0 aromatic heterocycles. The zero-order valence-electron chi connectivity index (χ0n) is 23.8. The fraction of sp³-hybridized carbons (Fsp3) is 0.382. The fourth-order valence-electron chi connectivity index (χ4n) is 6.44. The molecule has 7 nitrogen and oxygen atoms in total. The molecule has 1 saturated carbocycles. The molecule has 3 amide bonds. The van der Waals surface area contributed by atoms with Crippen molar-refractivity contribution in [2.45, 2.75) is 69.6 Å². The van der Waals surface area contributed by atoms with E-state index in [-0.39, 0.29) is 18.0 Å². The molecule has 0 bridgehead atoms. The van der Waals surface area contributed by atoms with Gasteiger partial charge in [-0.25, -0.2) is 4.79 Å². The van der Waals surface area contributed by atoms with Crippen LogP contribution in [-0.2, 0) is 20.9 Å². The third kappa shape index (κ3) is 6.29. The van der Waals surface area contributed by atoms with Gasteiger partial charge in [0.2, 0.25) is 5.91 Å². The first-order valence-corrected chi connectivity index (χ1v) is 14.6. The van der Waals surface area contributed by atoms with Gasteiger partial charge in [0.1, 0.15) is 6.04 Å². The van der Waals surface area contributed by atoms with Crippen molar-refractivity contribution in [2.24, 2.45) is 5.92 Å². The van der Waals surface area contributed by atoms with Gasteiger partial charge < -0.3 is 20.3 Å². The molecule has 3 aromatic rings. The van der Waals surface area contributed by atoms with Gasteiger partial charge in [-0.05, 0) is 36.5 Å². The molecule has 214 valence electrons. The van der Waals surface area contributed by atoms with Crippen LogP contribution in [-0.4, -0.2) is 42.0 Å². The molecule has 1 saturated heterocycles. The van der Waals surface area contributed by atoms with Crippen molar-refractivity contribution in [1.82, 2.24) is 15.5 Å². The van der Waals surface area contributed by atoms with Crippen molar-refractivity contribution < 1.29 is 19.1 Å². The minimum atomic E-state index is -0.930. The van der Waals surface area contributed by atoms with E-state index in [1.54, 1.807) is 4.90 Å². The van der Waals surface area contributed by atoms with Crippen molar-refractivity contribution in [1.29, 1.82) is 0 Å². The normalized spacial score (nSPS) is 22.6. The summed E-state index contributed by atoms with van der Waals surface area (Å²) in [5, 5.41) is 6.32. The van der Waals surface area contributed by atoms with Gasteiger partial charge in [-0.2, -0.15) is 0 Å². The van der Waals surface area contributed by atoms with Crippen molar-refractivity contribution in [3.63, 3.8) is 0 Å². The first kappa shape index (κ1) is 28.4. The molecule has 41 heavy (non-hydrogen) atoms. The van der Waals surface area contributed by atoms with Crippen LogP contribution in [0.25, 0.3) is 0 Å². The number of urea groups is 1. The predicted molar refractivity (Wildman–Crippen MR) is 158 cm³/mol. The lowest BCUT2D eigenvalue weighted by Gasteiger charge is -2.34. The van der Waals surface area contributed by atoms with Crippen molar-refractivity contribution in [3.8, 4) is 0 Å². The first-order chi connectivity index (χ1) is 20.0. The highest BCUT2D eigenvalue weighted by Crippen LogP contribution is 2.50. The first-order valence-electron chi connectivity index (χ1n) is 14.6. The summed E-state index contributed by atoms with van der Waals surface area (Å²) in [7, 11) is 1.36. The Bertz CT molecular complexity index is 1320. The Morgan fingerprint density at radius 2 is 1.44 bits per heavy atom. The maximum atomic E-state index is 14.2. The van der Waals surface area contributed by atoms with E-state index in [9.17, 15) is 14.4 Å². The molecule has 2 aliphatic rings. The molecule has 4 atom stereocenters. The number of likely N-dealkylation sites (tertiary alicyclic amines) is 1. The summed E-state index contributed by atoms with van der Waals surface area (Å²) in [6, 6.07) is 25.1. The molecule has 5 rings (SSSR count). The Labute approximate surface area is 242 Å². The van der Waals surface area contributed by atoms with Crippen LogP contribution in [0.5, 0.6) is 0 Å². The van der Waals surface area contributed by atoms with Crippen molar-refractivity contribution in [3.05, 3.63) is 107 Å². The van der Waals surface area contributed by atoms with Crippen LogP contribution < -0.4 is 10.6 Å². The van der Waals surface area contributed by atoms with Gasteiger partial charge in [-0.15, -0.1) is 0 Å². The van der Waals surface area contributed by atoms with E-state index in [1.165, 1.54) is 7.11 Å². The third-order valence-corrected chi connectivity index (χ3v) is 8.49. The summed E-state index contributed by atoms with van der Waals surface area (Å²) in [6.07, 6.45) is 5.09. The molecule has 2 fully saturated rings. The Kier molecular flexibility index (Phi) is 9.02. The van der Waals surface area contributed by atoms with Gasteiger partial charge >= 0.3 is 12.0 Å². The molecule has 0 spiro atoms. The number of ether oxygens (including phenoxy) is 1. The lowest BCUT2D eigenvalue weighted by molar-refractivity contribution is -0.146. The minimum absolute atomic E-state index is 0.0382. The average molecular weight is 554 g/mol. The Morgan fingerprint density at radius 1 is 0.829 bits per heavy atom. The fourth-order valence-corrected chi connectivity index (χ4v) is 6.44. The molecule has 7 heteroatoms. The van der Waals surface area contributed by atoms with Crippen LogP contribution in [0.4, 0.5) is 4.79 Å². The zero-order valence-corrected chi connectivity index (χ0v) is 23.8. The van der Waals surface area contributed by atoms with Crippen LogP contribution in [0.1, 0.15) is 66.3 Å². The van der Waals surface area contributed by atoms with Crippen LogP contribution >= 0.6 is 0 Å². The van der Waals surface area contributed by atoms with Gasteiger partial charge in [0.05, 0.1) is 19.1 Å². The smallest absolute Gasteiger partial charge is 0.318 e. The molecule has 2 N–H and O–H groups in total. The van der Waals surface area contributed by atoms with E-state index in [1.807, 2.05) is 91.9 Å². The third-order valence-electron chi connectivity index (χ3n) is 8.49. The summed E-state index contributed by atoms with van der Waals surface area (Å²) in [5.41, 5.74) is 3.70. The Morgan fingerprint density at radius 3 is 2.05 bits per heavy atom. The van der Waals surface area contributed by atoms with Crippen LogP contribution in [0, 0.1) is 12.8 Å². The van der Waals surface area contributed by atoms with Crippen molar-refractivity contribution >= 4 is 17.9 Å². The number of hydrogen-bond donors (Lipinski definition) is 2. The van der Waals surface area contributed by atoms with Gasteiger partial charge in [0, 0.05) is 18.5 Å². The standard InChI is InChI=1S/C34H39N3O4/c1-23-18-20-24(21-19-23)22-35-32(38)31-28(25-12-6-3-7-13-25)29(33(39)41-2)30(26-14-8-4-9-15-26)37(31)34(40)36-27-16-10-5-11-17-27/h3-4,6-9,12-15,18-21,27-31H,5,10-11,16-17,22H2,1-2H3,(H,35,38)(H,36,40). The second kappa shape index (κ2) is 13.0. The van der Waals surface area contributed by atoms with Crippen LogP contribution in [0.2, 0.25) is 0 Å². The molecule has 1 heterocycles. The number of esters is 1.